The van der Waals surface area contributed by atoms with Gasteiger partial charge in [0.25, 0.3) is 0 Å². The van der Waals surface area contributed by atoms with E-state index in [1.807, 2.05) is 42.7 Å². The Kier molecular flexibility index (Phi) is 4.52. The summed E-state index contributed by atoms with van der Waals surface area (Å²) in [5, 5.41) is 3.07. The van der Waals surface area contributed by atoms with E-state index in [4.69, 9.17) is 4.74 Å². The second-order valence-corrected chi connectivity index (χ2v) is 9.02. The summed E-state index contributed by atoms with van der Waals surface area (Å²) < 4.78 is 5.45. The standard InChI is InChI=1S/C21H29N3O3/c1-21(2,3)27-20(26)24-12-17-16(18(17)13-24)8-9-22-19(25)23-10-14-6-4-5-7-15(14)11-23/h4-7,16-18H,8-13H2,1-3H3,(H,22,25). The number of benzene rings is 1. The fourth-order valence-corrected chi connectivity index (χ4v) is 4.49. The molecule has 1 aromatic carbocycles. The van der Waals surface area contributed by atoms with Crippen LogP contribution in [0.3, 0.4) is 0 Å². The molecule has 1 saturated carbocycles. The largest absolute Gasteiger partial charge is 0.444 e. The first-order valence-corrected chi connectivity index (χ1v) is 9.89. The van der Waals surface area contributed by atoms with Gasteiger partial charge in [0.15, 0.2) is 0 Å². The van der Waals surface area contributed by atoms with Crippen LogP contribution in [0.15, 0.2) is 24.3 Å². The molecular formula is C21H29N3O3. The van der Waals surface area contributed by atoms with Crippen molar-refractivity contribution in [1.29, 1.82) is 0 Å². The number of nitrogens with zero attached hydrogens (tertiary/aromatic N) is 2. The minimum atomic E-state index is -0.442. The van der Waals surface area contributed by atoms with Crippen LogP contribution in [0.5, 0.6) is 0 Å². The minimum Gasteiger partial charge on any atom is -0.444 e. The van der Waals surface area contributed by atoms with Gasteiger partial charge in [-0.1, -0.05) is 24.3 Å². The van der Waals surface area contributed by atoms with Gasteiger partial charge in [-0.05, 0) is 56.1 Å². The molecule has 2 fully saturated rings. The summed E-state index contributed by atoms with van der Waals surface area (Å²) in [5.74, 6) is 1.77. The first-order valence-electron chi connectivity index (χ1n) is 9.89. The summed E-state index contributed by atoms with van der Waals surface area (Å²) in [6.07, 6.45) is 0.791. The summed E-state index contributed by atoms with van der Waals surface area (Å²) in [7, 11) is 0. The number of carbonyl (C=O) groups is 2. The van der Waals surface area contributed by atoms with Crippen molar-refractivity contribution in [2.75, 3.05) is 19.6 Å². The van der Waals surface area contributed by atoms with Crippen LogP contribution in [0.2, 0.25) is 0 Å². The Morgan fingerprint density at radius 2 is 1.67 bits per heavy atom. The van der Waals surface area contributed by atoms with E-state index in [9.17, 15) is 9.59 Å². The molecule has 3 aliphatic rings. The highest BCUT2D eigenvalue weighted by molar-refractivity contribution is 5.75. The summed E-state index contributed by atoms with van der Waals surface area (Å²) in [4.78, 5) is 28.2. The second kappa shape index (κ2) is 6.73. The third-order valence-electron chi connectivity index (χ3n) is 5.90. The molecule has 0 bridgehead atoms. The van der Waals surface area contributed by atoms with Crippen LogP contribution in [-0.4, -0.2) is 47.2 Å². The van der Waals surface area contributed by atoms with E-state index < -0.39 is 5.60 Å². The Morgan fingerprint density at radius 3 is 2.22 bits per heavy atom. The van der Waals surface area contributed by atoms with Crippen LogP contribution in [0, 0.1) is 17.8 Å². The Hall–Kier alpha value is -2.24. The first-order chi connectivity index (χ1) is 12.8. The molecule has 0 spiro atoms. The van der Waals surface area contributed by atoms with Crippen molar-refractivity contribution in [2.24, 2.45) is 17.8 Å². The van der Waals surface area contributed by atoms with E-state index in [-0.39, 0.29) is 12.1 Å². The molecule has 2 unspecified atom stereocenters. The molecule has 3 amide bonds. The van der Waals surface area contributed by atoms with Crippen molar-refractivity contribution in [3.8, 4) is 0 Å². The van der Waals surface area contributed by atoms with E-state index >= 15 is 0 Å². The van der Waals surface area contributed by atoms with Gasteiger partial charge in [0, 0.05) is 32.7 Å². The van der Waals surface area contributed by atoms with Gasteiger partial charge in [0.2, 0.25) is 0 Å². The lowest BCUT2D eigenvalue weighted by Gasteiger charge is -2.26. The van der Waals surface area contributed by atoms with Crippen LogP contribution in [0.25, 0.3) is 0 Å². The third kappa shape index (κ3) is 3.89. The van der Waals surface area contributed by atoms with Gasteiger partial charge < -0.3 is 19.9 Å². The van der Waals surface area contributed by atoms with Crippen molar-refractivity contribution >= 4 is 12.1 Å². The van der Waals surface area contributed by atoms with E-state index in [2.05, 4.69) is 17.4 Å². The highest BCUT2D eigenvalue weighted by Gasteiger charge is 2.56. The second-order valence-electron chi connectivity index (χ2n) is 9.02. The van der Waals surface area contributed by atoms with E-state index in [0.717, 1.165) is 19.5 Å². The predicted octanol–water partition coefficient (Wildman–Crippen LogP) is 3.21. The molecule has 2 heterocycles. The number of hydrogen-bond donors (Lipinski definition) is 1. The first kappa shape index (κ1) is 18.1. The number of ether oxygens (including phenoxy) is 1. The fourth-order valence-electron chi connectivity index (χ4n) is 4.49. The number of likely N-dealkylation sites (tertiary alicyclic amines) is 1. The SMILES string of the molecule is CC(C)(C)OC(=O)N1CC2C(CCNC(=O)N3Cc4ccccc4C3)C2C1. The number of carbonyl (C=O) groups excluding carboxylic acids is 2. The molecule has 0 radical (unpaired) electrons. The summed E-state index contributed by atoms with van der Waals surface area (Å²) in [6.45, 7) is 9.36. The zero-order valence-electron chi connectivity index (χ0n) is 16.4. The number of hydrogen-bond acceptors (Lipinski definition) is 3. The molecular weight excluding hydrogens is 342 g/mol. The average Bonchev–Trinajstić information content (AvgIpc) is 3.00. The van der Waals surface area contributed by atoms with Crippen molar-refractivity contribution in [1.82, 2.24) is 15.1 Å². The van der Waals surface area contributed by atoms with Gasteiger partial charge in [-0.25, -0.2) is 9.59 Å². The monoisotopic (exact) mass is 371 g/mol. The Bertz CT molecular complexity index is 705. The topological polar surface area (TPSA) is 61.9 Å². The van der Waals surface area contributed by atoms with Gasteiger partial charge in [0.1, 0.15) is 5.60 Å². The lowest BCUT2D eigenvalue weighted by atomic mass is 10.1. The lowest BCUT2D eigenvalue weighted by molar-refractivity contribution is 0.0265. The Balaban J connectivity index is 1.16. The van der Waals surface area contributed by atoms with Crippen LogP contribution < -0.4 is 5.32 Å². The molecule has 27 heavy (non-hydrogen) atoms. The molecule has 2 atom stereocenters. The molecule has 6 heteroatoms. The van der Waals surface area contributed by atoms with Gasteiger partial charge in [0.05, 0.1) is 0 Å². The maximum absolute atomic E-state index is 12.4. The number of fused-ring (bicyclic) bond motifs is 2. The van der Waals surface area contributed by atoms with Gasteiger partial charge in [-0.15, -0.1) is 0 Å². The molecule has 1 N–H and O–H groups in total. The number of urea groups is 1. The van der Waals surface area contributed by atoms with Gasteiger partial charge in [-0.2, -0.15) is 0 Å². The summed E-state index contributed by atoms with van der Waals surface area (Å²) in [5.41, 5.74) is 2.04. The minimum absolute atomic E-state index is 0.0207. The molecule has 6 nitrogen and oxygen atoms in total. The molecule has 1 aliphatic carbocycles. The highest BCUT2D eigenvalue weighted by Crippen LogP contribution is 2.53. The van der Waals surface area contributed by atoms with Crippen molar-refractivity contribution < 1.29 is 14.3 Å². The molecule has 1 aromatic rings. The summed E-state index contributed by atoms with van der Waals surface area (Å²) >= 11 is 0. The fraction of sp³-hybridized carbons (Fsp3) is 0.619. The molecule has 2 aliphatic heterocycles. The maximum Gasteiger partial charge on any atom is 0.410 e. The van der Waals surface area contributed by atoms with Crippen LogP contribution in [-0.2, 0) is 17.8 Å². The van der Waals surface area contributed by atoms with E-state index in [1.165, 1.54) is 11.1 Å². The number of amides is 3. The average molecular weight is 371 g/mol. The Labute approximate surface area is 160 Å². The number of piperidine rings is 1. The zero-order chi connectivity index (χ0) is 19.2. The van der Waals surface area contributed by atoms with Gasteiger partial charge >= 0.3 is 12.1 Å². The smallest absolute Gasteiger partial charge is 0.410 e. The summed E-state index contributed by atoms with van der Waals surface area (Å²) in [6, 6.07) is 8.24. The van der Waals surface area contributed by atoms with E-state index in [0.29, 0.717) is 37.4 Å². The van der Waals surface area contributed by atoms with Crippen molar-refractivity contribution in [2.45, 2.75) is 45.9 Å². The Morgan fingerprint density at radius 1 is 1.07 bits per heavy atom. The molecule has 4 rings (SSSR count). The quantitative estimate of drug-likeness (QED) is 0.887. The maximum atomic E-state index is 12.4. The molecule has 146 valence electrons. The third-order valence-corrected chi connectivity index (χ3v) is 5.90. The zero-order valence-corrected chi connectivity index (χ0v) is 16.4. The normalized spacial score (nSPS) is 25.8. The van der Waals surface area contributed by atoms with Gasteiger partial charge in [-0.3, -0.25) is 0 Å². The van der Waals surface area contributed by atoms with Crippen molar-refractivity contribution in [3.63, 3.8) is 0 Å². The highest BCUT2D eigenvalue weighted by atomic mass is 16.6. The van der Waals surface area contributed by atoms with Crippen LogP contribution in [0.1, 0.15) is 38.3 Å². The molecule has 0 aromatic heterocycles. The van der Waals surface area contributed by atoms with E-state index in [1.54, 1.807) is 0 Å². The lowest BCUT2D eigenvalue weighted by Crippen LogP contribution is -2.38. The van der Waals surface area contributed by atoms with Crippen LogP contribution in [0.4, 0.5) is 9.59 Å². The molecule has 1 saturated heterocycles. The number of nitrogens with one attached hydrogen (secondary N) is 1. The number of rotatable bonds is 3. The van der Waals surface area contributed by atoms with Crippen LogP contribution >= 0.6 is 0 Å². The van der Waals surface area contributed by atoms with Crippen molar-refractivity contribution in [3.05, 3.63) is 35.4 Å². The predicted molar refractivity (Wildman–Crippen MR) is 102 cm³/mol.